The quantitative estimate of drug-likeness (QED) is 0.331. The Morgan fingerprint density at radius 2 is 1.79 bits per heavy atom. The minimum atomic E-state index is -0.691. The second kappa shape index (κ2) is 11.3. The first kappa shape index (κ1) is 26.4. The molecule has 0 fully saturated rings. The topological polar surface area (TPSA) is 124 Å². The number of carbonyl (C=O) groups is 2. The van der Waals surface area contributed by atoms with Gasteiger partial charge in [-0.25, -0.2) is 4.79 Å². The fraction of sp³-hybridized carbons (Fsp3) is 0.560. The maximum atomic E-state index is 12.9. The number of ether oxygens (including phenoxy) is 1. The highest BCUT2D eigenvalue weighted by molar-refractivity contribution is 5.86. The summed E-state index contributed by atoms with van der Waals surface area (Å²) in [5.74, 6) is 0.425. The second-order valence-corrected chi connectivity index (χ2v) is 9.38. The van der Waals surface area contributed by atoms with Gasteiger partial charge in [0.05, 0.1) is 6.61 Å². The molecule has 8 heteroatoms. The molecule has 0 saturated heterocycles. The molecule has 1 atom stereocenters. The van der Waals surface area contributed by atoms with E-state index < -0.39 is 10.8 Å². The van der Waals surface area contributed by atoms with Crippen molar-refractivity contribution in [3.63, 3.8) is 0 Å². The molecule has 0 radical (unpaired) electrons. The predicted octanol–water partition coefficient (Wildman–Crippen LogP) is 2.89. The number of nitrogens with one attached hydrogen (secondary N) is 2. The third-order valence-corrected chi connectivity index (χ3v) is 6.00. The van der Waals surface area contributed by atoms with Gasteiger partial charge in [0.25, 0.3) is 0 Å². The Morgan fingerprint density at radius 3 is 2.45 bits per heavy atom. The van der Waals surface area contributed by atoms with Gasteiger partial charge in [-0.3, -0.25) is 9.59 Å². The lowest BCUT2D eigenvalue weighted by atomic mass is 9.71. The second-order valence-electron chi connectivity index (χ2n) is 9.38. The Morgan fingerprint density at radius 1 is 1.09 bits per heavy atom. The van der Waals surface area contributed by atoms with Gasteiger partial charge in [0, 0.05) is 48.0 Å². The summed E-state index contributed by atoms with van der Waals surface area (Å²) in [6.45, 7) is 11.1. The highest BCUT2D eigenvalue weighted by Crippen LogP contribution is 2.37. The third kappa shape index (κ3) is 7.05. The number of hydrogen-bond donors (Lipinski definition) is 3. The standard InChI is InChI=1S/C25H37N3O5/c1-6-25(5,16-24(3,4)22(30)28-12-10-26)23(31)27-11-7-13-32-18-8-9-19-17(2)14-21(29)33-20(19)15-18/h8-9,14-15H,6-7,10-13,16,26H2,1-5H3,(H,27,31)(H,28,30). The summed E-state index contributed by atoms with van der Waals surface area (Å²) in [6.07, 6.45) is 1.66. The van der Waals surface area contributed by atoms with Gasteiger partial charge in [-0.05, 0) is 43.9 Å². The fourth-order valence-electron chi connectivity index (χ4n) is 3.92. The molecule has 0 bridgehead atoms. The van der Waals surface area contributed by atoms with E-state index in [-0.39, 0.29) is 17.4 Å². The van der Waals surface area contributed by atoms with E-state index >= 15 is 0 Å². The molecule has 1 heterocycles. The molecule has 4 N–H and O–H groups in total. The number of rotatable bonds is 12. The molecule has 1 aromatic carbocycles. The molecular weight excluding hydrogens is 422 g/mol. The van der Waals surface area contributed by atoms with Crippen LogP contribution in [0.3, 0.4) is 0 Å². The van der Waals surface area contributed by atoms with Crippen LogP contribution in [-0.2, 0) is 9.59 Å². The Labute approximate surface area is 195 Å². The highest BCUT2D eigenvalue weighted by atomic mass is 16.5. The Kier molecular flexibility index (Phi) is 9.05. The van der Waals surface area contributed by atoms with Crippen molar-refractivity contribution in [2.24, 2.45) is 16.6 Å². The van der Waals surface area contributed by atoms with Crippen molar-refractivity contribution >= 4 is 22.8 Å². The number of fused-ring (bicyclic) bond motifs is 1. The zero-order valence-corrected chi connectivity index (χ0v) is 20.4. The lowest BCUT2D eigenvalue weighted by Gasteiger charge is -2.35. The first-order valence-electron chi connectivity index (χ1n) is 11.5. The number of carbonyl (C=O) groups excluding carboxylic acids is 2. The molecule has 33 heavy (non-hydrogen) atoms. The molecule has 0 saturated carbocycles. The van der Waals surface area contributed by atoms with E-state index in [0.717, 1.165) is 10.9 Å². The predicted molar refractivity (Wildman–Crippen MR) is 129 cm³/mol. The van der Waals surface area contributed by atoms with Crippen LogP contribution in [0.25, 0.3) is 11.0 Å². The maximum Gasteiger partial charge on any atom is 0.336 e. The smallest absolute Gasteiger partial charge is 0.336 e. The molecule has 1 aromatic heterocycles. The Bertz CT molecular complexity index is 1030. The number of aryl methyl sites for hydroxylation is 1. The molecule has 2 rings (SSSR count). The summed E-state index contributed by atoms with van der Waals surface area (Å²) in [6, 6.07) is 6.86. The lowest BCUT2D eigenvalue weighted by molar-refractivity contribution is -0.136. The van der Waals surface area contributed by atoms with E-state index in [0.29, 0.717) is 56.8 Å². The zero-order chi connectivity index (χ0) is 24.6. The first-order valence-corrected chi connectivity index (χ1v) is 11.5. The van der Waals surface area contributed by atoms with Crippen LogP contribution in [0.4, 0.5) is 0 Å². The summed E-state index contributed by atoms with van der Waals surface area (Å²) in [4.78, 5) is 36.9. The van der Waals surface area contributed by atoms with Gasteiger partial charge < -0.3 is 25.5 Å². The molecule has 1 unspecified atom stereocenters. The van der Waals surface area contributed by atoms with Crippen LogP contribution in [0.1, 0.15) is 52.5 Å². The van der Waals surface area contributed by atoms with Crippen LogP contribution in [0.5, 0.6) is 5.75 Å². The van der Waals surface area contributed by atoms with Crippen LogP contribution in [0.15, 0.2) is 33.5 Å². The van der Waals surface area contributed by atoms with Gasteiger partial charge in [-0.1, -0.05) is 27.7 Å². The molecule has 0 aliphatic rings. The van der Waals surface area contributed by atoms with E-state index in [9.17, 15) is 14.4 Å². The average Bonchev–Trinajstić information content (AvgIpc) is 2.76. The molecule has 0 spiro atoms. The van der Waals surface area contributed by atoms with E-state index in [4.69, 9.17) is 14.9 Å². The van der Waals surface area contributed by atoms with Crippen molar-refractivity contribution in [1.29, 1.82) is 0 Å². The van der Waals surface area contributed by atoms with Gasteiger partial charge in [0.2, 0.25) is 11.8 Å². The zero-order valence-electron chi connectivity index (χ0n) is 20.4. The average molecular weight is 460 g/mol. The van der Waals surface area contributed by atoms with E-state index in [1.165, 1.54) is 6.07 Å². The van der Waals surface area contributed by atoms with Crippen LogP contribution < -0.4 is 26.7 Å². The molecule has 0 aliphatic carbocycles. The van der Waals surface area contributed by atoms with Gasteiger partial charge in [0.15, 0.2) is 0 Å². The monoisotopic (exact) mass is 459 g/mol. The molecule has 182 valence electrons. The first-order chi connectivity index (χ1) is 15.5. The van der Waals surface area contributed by atoms with E-state index in [1.54, 1.807) is 6.07 Å². The van der Waals surface area contributed by atoms with Gasteiger partial charge >= 0.3 is 5.63 Å². The van der Waals surface area contributed by atoms with Crippen LogP contribution in [0, 0.1) is 17.8 Å². The molecule has 0 aliphatic heterocycles. The summed E-state index contributed by atoms with van der Waals surface area (Å²) in [5, 5.41) is 6.66. The molecule has 2 aromatic rings. The van der Waals surface area contributed by atoms with Crippen molar-refractivity contribution in [1.82, 2.24) is 10.6 Å². The Balaban J connectivity index is 1.86. The van der Waals surface area contributed by atoms with Crippen molar-refractivity contribution in [3.8, 4) is 5.75 Å². The van der Waals surface area contributed by atoms with Crippen molar-refractivity contribution < 1.29 is 18.7 Å². The maximum absolute atomic E-state index is 12.9. The number of amides is 2. The molecule has 2 amide bonds. The fourth-order valence-corrected chi connectivity index (χ4v) is 3.92. The normalized spacial score (nSPS) is 13.4. The molecule has 8 nitrogen and oxygen atoms in total. The third-order valence-electron chi connectivity index (χ3n) is 6.00. The van der Waals surface area contributed by atoms with Crippen molar-refractivity contribution in [2.45, 2.75) is 53.9 Å². The largest absolute Gasteiger partial charge is 0.493 e. The minimum Gasteiger partial charge on any atom is -0.493 e. The van der Waals surface area contributed by atoms with E-state index in [2.05, 4.69) is 10.6 Å². The van der Waals surface area contributed by atoms with E-state index in [1.807, 2.05) is 46.8 Å². The van der Waals surface area contributed by atoms with Crippen LogP contribution in [0.2, 0.25) is 0 Å². The van der Waals surface area contributed by atoms with Crippen LogP contribution >= 0.6 is 0 Å². The summed E-state index contributed by atoms with van der Waals surface area (Å²) in [7, 11) is 0. The van der Waals surface area contributed by atoms with Crippen molar-refractivity contribution in [3.05, 3.63) is 40.2 Å². The summed E-state index contributed by atoms with van der Waals surface area (Å²) < 4.78 is 11.0. The van der Waals surface area contributed by atoms with Gasteiger partial charge in [-0.15, -0.1) is 0 Å². The van der Waals surface area contributed by atoms with Gasteiger partial charge in [-0.2, -0.15) is 0 Å². The van der Waals surface area contributed by atoms with Crippen molar-refractivity contribution in [2.75, 3.05) is 26.2 Å². The lowest BCUT2D eigenvalue weighted by Crippen LogP contribution is -2.46. The number of nitrogens with two attached hydrogens (primary N) is 1. The highest BCUT2D eigenvalue weighted by Gasteiger charge is 2.40. The summed E-state index contributed by atoms with van der Waals surface area (Å²) >= 11 is 0. The van der Waals surface area contributed by atoms with Gasteiger partial charge in [0.1, 0.15) is 11.3 Å². The number of hydrogen-bond acceptors (Lipinski definition) is 6. The number of benzene rings is 1. The SMILES string of the molecule is CCC(C)(CC(C)(C)C(=O)NCCN)C(=O)NCCCOc1ccc2c(C)cc(=O)oc2c1. The van der Waals surface area contributed by atoms with Crippen LogP contribution in [-0.4, -0.2) is 38.1 Å². The molecular formula is C25H37N3O5. The Hall–Kier alpha value is -2.87. The minimum absolute atomic E-state index is 0.0762. The summed E-state index contributed by atoms with van der Waals surface area (Å²) in [5.41, 5.74) is 5.06.